The normalized spacial score (nSPS) is 14.3. The Hall–Kier alpha value is -3.24. The number of benzene rings is 1. The zero-order chi connectivity index (χ0) is 22.2. The molecular formula is C22H31N9O. The summed E-state index contributed by atoms with van der Waals surface area (Å²) in [5, 5.41) is 6.69. The van der Waals surface area contributed by atoms with Crippen LogP contribution in [-0.4, -0.2) is 81.9 Å². The summed E-state index contributed by atoms with van der Waals surface area (Å²) in [5.41, 5.74) is 1.95. The molecule has 3 aromatic rings. The van der Waals surface area contributed by atoms with Crippen molar-refractivity contribution in [2.24, 2.45) is 0 Å². The number of aromatic nitrogens is 5. The van der Waals surface area contributed by atoms with E-state index in [9.17, 15) is 0 Å². The van der Waals surface area contributed by atoms with Crippen molar-refractivity contribution in [3.05, 3.63) is 43.0 Å². The Labute approximate surface area is 188 Å². The highest BCUT2D eigenvalue weighted by atomic mass is 16.5. The lowest BCUT2D eigenvalue weighted by atomic mass is 10.3. The van der Waals surface area contributed by atoms with Gasteiger partial charge in [0, 0.05) is 63.0 Å². The molecule has 10 heteroatoms. The van der Waals surface area contributed by atoms with E-state index in [1.165, 1.54) is 0 Å². The number of hydrogen-bond donors (Lipinski definition) is 2. The molecule has 0 spiro atoms. The summed E-state index contributed by atoms with van der Waals surface area (Å²) in [4.78, 5) is 22.5. The van der Waals surface area contributed by atoms with Crippen LogP contribution in [0.4, 0.5) is 23.5 Å². The van der Waals surface area contributed by atoms with Crippen LogP contribution in [0.25, 0.3) is 5.69 Å². The van der Waals surface area contributed by atoms with Gasteiger partial charge in [0.25, 0.3) is 0 Å². The Morgan fingerprint density at radius 2 is 1.75 bits per heavy atom. The number of nitrogens with zero attached hydrogens (tertiary/aromatic N) is 7. The van der Waals surface area contributed by atoms with Crippen molar-refractivity contribution in [3.63, 3.8) is 0 Å². The van der Waals surface area contributed by atoms with Gasteiger partial charge in [-0.05, 0) is 38.1 Å². The third kappa shape index (κ3) is 5.71. The zero-order valence-corrected chi connectivity index (χ0v) is 18.7. The summed E-state index contributed by atoms with van der Waals surface area (Å²) in [6, 6.07) is 8.06. The van der Waals surface area contributed by atoms with Crippen molar-refractivity contribution in [2.75, 3.05) is 68.0 Å². The second kappa shape index (κ2) is 10.9. The van der Waals surface area contributed by atoms with Gasteiger partial charge in [-0.1, -0.05) is 0 Å². The molecule has 2 aromatic heterocycles. The number of anilines is 4. The highest BCUT2D eigenvalue weighted by molar-refractivity contribution is 5.57. The number of morpholine rings is 1. The van der Waals surface area contributed by atoms with E-state index in [2.05, 4.69) is 54.2 Å². The summed E-state index contributed by atoms with van der Waals surface area (Å²) in [5.74, 6) is 1.76. The first kappa shape index (κ1) is 22.0. The van der Waals surface area contributed by atoms with E-state index in [1.807, 2.05) is 35.0 Å². The van der Waals surface area contributed by atoms with E-state index in [-0.39, 0.29) is 0 Å². The van der Waals surface area contributed by atoms with Gasteiger partial charge < -0.3 is 24.8 Å². The maximum absolute atomic E-state index is 5.42. The third-order valence-electron chi connectivity index (χ3n) is 5.41. The van der Waals surface area contributed by atoms with Crippen molar-refractivity contribution < 1.29 is 4.74 Å². The monoisotopic (exact) mass is 437 g/mol. The lowest BCUT2D eigenvalue weighted by Gasteiger charge is -2.26. The first-order chi connectivity index (χ1) is 15.7. The molecule has 0 radical (unpaired) electrons. The molecule has 1 saturated heterocycles. The van der Waals surface area contributed by atoms with Crippen LogP contribution < -0.4 is 15.5 Å². The maximum atomic E-state index is 5.42. The minimum atomic E-state index is 0.520. The van der Waals surface area contributed by atoms with Gasteiger partial charge in [0.15, 0.2) is 0 Å². The van der Waals surface area contributed by atoms with Gasteiger partial charge in [0.05, 0.1) is 19.5 Å². The fourth-order valence-electron chi connectivity index (χ4n) is 3.56. The fourth-order valence-corrected chi connectivity index (χ4v) is 3.56. The number of imidazole rings is 1. The van der Waals surface area contributed by atoms with E-state index in [4.69, 9.17) is 4.74 Å². The van der Waals surface area contributed by atoms with Gasteiger partial charge in [-0.2, -0.15) is 15.0 Å². The quantitative estimate of drug-likeness (QED) is 0.495. The molecular weight excluding hydrogens is 406 g/mol. The highest BCUT2D eigenvalue weighted by Gasteiger charge is 2.13. The summed E-state index contributed by atoms with van der Waals surface area (Å²) in [6.07, 6.45) is 5.46. The molecule has 0 bridgehead atoms. The van der Waals surface area contributed by atoms with Crippen LogP contribution in [0, 0.1) is 0 Å². The Morgan fingerprint density at radius 3 is 2.44 bits per heavy atom. The molecule has 0 unspecified atom stereocenters. The maximum Gasteiger partial charge on any atom is 0.233 e. The average Bonchev–Trinajstić information content (AvgIpc) is 3.36. The molecule has 4 rings (SSSR count). The minimum absolute atomic E-state index is 0.520. The Balaban J connectivity index is 1.47. The molecule has 1 fully saturated rings. The lowest BCUT2D eigenvalue weighted by Crippen LogP contribution is -2.39. The molecule has 0 aliphatic carbocycles. The molecule has 0 saturated carbocycles. The Kier molecular flexibility index (Phi) is 7.47. The van der Waals surface area contributed by atoms with E-state index in [0.717, 1.165) is 63.9 Å². The second-order valence-electron chi connectivity index (χ2n) is 7.48. The van der Waals surface area contributed by atoms with Crippen LogP contribution in [0.3, 0.4) is 0 Å². The van der Waals surface area contributed by atoms with Crippen molar-refractivity contribution in [2.45, 2.75) is 13.8 Å². The minimum Gasteiger partial charge on any atom is -0.379 e. The molecule has 0 atom stereocenters. The van der Waals surface area contributed by atoms with Crippen LogP contribution in [0.2, 0.25) is 0 Å². The van der Waals surface area contributed by atoms with Gasteiger partial charge in [-0.15, -0.1) is 0 Å². The third-order valence-corrected chi connectivity index (χ3v) is 5.41. The van der Waals surface area contributed by atoms with Crippen LogP contribution in [0.15, 0.2) is 43.0 Å². The molecule has 1 aromatic carbocycles. The van der Waals surface area contributed by atoms with Gasteiger partial charge >= 0.3 is 0 Å². The van der Waals surface area contributed by atoms with Crippen LogP contribution in [0.1, 0.15) is 13.8 Å². The van der Waals surface area contributed by atoms with Gasteiger partial charge in [-0.25, -0.2) is 4.98 Å². The van der Waals surface area contributed by atoms with Crippen molar-refractivity contribution in [3.8, 4) is 5.69 Å². The standard InChI is InChI=1S/C22H31N9O/c1-3-30(4-2)22-27-20(24-10-11-29-13-15-32-16-14-29)26-21(28-22)25-18-5-7-19(8-6-18)31-12-9-23-17-31/h5-9,12,17H,3-4,10-11,13-16H2,1-2H3,(H2,24,25,26,27,28). The largest absolute Gasteiger partial charge is 0.379 e. The van der Waals surface area contributed by atoms with Crippen LogP contribution in [0.5, 0.6) is 0 Å². The van der Waals surface area contributed by atoms with Crippen LogP contribution in [-0.2, 0) is 4.74 Å². The first-order valence-corrected chi connectivity index (χ1v) is 11.2. The first-order valence-electron chi connectivity index (χ1n) is 11.2. The van der Waals surface area contributed by atoms with E-state index < -0.39 is 0 Å². The second-order valence-corrected chi connectivity index (χ2v) is 7.48. The molecule has 1 aliphatic heterocycles. The van der Waals surface area contributed by atoms with E-state index >= 15 is 0 Å². The van der Waals surface area contributed by atoms with Gasteiger partial charge in [0.2, 0.25) is 17.8 Å². The predicted molar refractivity (Wildman–Crippen MR) is 126 cm³/mol. The van der Waals surface area contributed by atoms with E-state index in [0.29, 0.717) is 17.8 Å². The number of rotatable bonds is 10. The molecule has 2 N–H and O–H groups in total. The van der Waals surface area contributed by atoms with Gasteiger partial charge in [0.1, 0.15) is 0 Å². The molecule has 0 amide bonds. The molecule has 170 valence electrons. The lowest BCUT2D eigenvalue weighted by molar-refractivity contribution is 0.0398. The fraction of sp³-hybridized carbons (Fsp3) is 0.455. The van der Waals surface area contributed by atoms with Gasteiger partial charge in [-0.3, -0.25) is 4.90 Å². The summed E-state index contributed by atoms with van der Waals surface area (Å²) in [6.45, 7) is 11.1. The molecule has 32 heavy (non-hydrogen) atoms. The van der Waals surface area contributed by atoms with Crippen molar-refractivity contribution >= 4 is 23.5 Å². The summed E-state index contributed by atoms with van der Waals surface area (Å²) < 4.78 is 7.38. The van der Waals surface area contributed by atoms with Crippen molar-refractivity contribution in [1.82, 2.24) is 29.4 Å². The average molecular weight is 438 g/mol. The number of hydrogen-bond acceptors (Lipinski definition) is 9. The highest BCUT2D eigenvalue weighted by Crippen LogP contribution is 2.19. The smallest absolute Gasteiger partial charge is 0.233 e. The Bertz CT molecular complexity index is 952. The topological polar surface area (TPSA) is 96.3 Å². The predicted octanol–water partition coefficient (Wildman–Crippen LogP) is 2.39. The molecule has 1 aliphatic rings. The number of nitrogens with one attached hydrogen (secondary N) is 2. The Morgan fingerprint density at radius 1 is 1.00 bits per heavy atom. The van der Waals surface area contributed by atoms with E-state index in [1.54, 1.807) is 12.5 Å². The van der Waals surface area contributed by atoms with Crippen molar-refractivity contribution in [1.29, 1.82) is 0 Å². The summed E-state index contributed by atoms with van der Waals surface area (Å²) in [7, 11) is 0. The number of ether oxygens (including phenoxy) is 1. The van der Waals surface area contributed by atoms with Crippen LogP contribution >= 0.6 is 0 Å². The zero-order valence-electron chi connectivity index (χ0n) is 18.7. The molecule has 3 heterocycles. The molecule has 10 nitrogen and oxygen atoms in total. The SMILES string of the molecule is CCN(CC)c1nc(NCCN2CCOCC2)nc(Nc2ccc(-n3ccnc3)cc2)n1. The summed E-state index contributed by atoms with van der Waals surface area (Å²) >= 11 is 0.